The van der Waals surface area contributed by atoms with Gasteiger partial charge in [0.05, 0.1) is 26.4 Å². The van der Waals surface area contributed by atoms with Crippen LogP contribution in [0, 0.1) is 0 Å². The van der Waals surface area contributed by atoms with Crippen molar-refractivity contribution in [2.45, 2.75) is 329 Å². The lowest BCUT2D eigenvalue weighted by molar-refractivity contribution is -0.161. The maximum Gasteiger partial charge on any atom is 0.472 e. The Balaban J connectivity index is 5.41. The Morgan fingerprint density at radius 2 is 0.519 bits per heavy atom. The van der Waals surface area contributed by atoms with Gasteiger partial charge in [0.1, 0.15) is 19.3 Å². The number of phosphoric ester groups is 2. The third-order valence-corrected chi connectivity index (χ3v) is 18.2. The average molecular weight is 1500 g/mol. The summed E-state index contributed by atoms with van der Waals surface area (Å²) in [6.45, 7) is 4.48. The quantitative estimate of drug-likeness (QED) is 0.0169. The molecule has 19 heteroatoms. The number of esters is 4. The van der Waals surface area contributed by atoms with E-state index in [4.69, 9.17) is 37.0 Å². The lowest BCUT2D eigenvalue weighted by Gasteiger charge is -2.21. The highest BCUT2D eigenvalue weighted by molar-refractivity contribution is 7.47. The van der Waals surface area contributed by atoms with Gasteiger partial charge in [0, 0.05) is 25.7 Å². The molecule has 17 nitrogen and oxygen atoms in total. The molecule has 594 valence electrons. The molecule has 0 aromatic rings. The van der Waals surface area contributed by atoms with Gasteiger partial charge in [-0.1, -0.05) is 270 Å². The third kappa shape index (κ3) is 75.2. The molecule has 0 aliphatic rings. The van der Waals surface area contributed by atoms with Crippen LogP contribution in [0.4, 0.5) is 0 Å². The van der Waals surface area contributed by atoms with Crippen molar-refractivity contribution in [3.63, 3.8) is 0 Å². The Hall–Kier alpha value is -5.06. The van der Waals surface area contributed by atoms with Gasteiger partial charge in [0.15, 0.2) is 12.2 Å². The Kier molecular flexibility index (Phi) is 72.4. The second-order valence-corrected chi connectivity index (χ2v) is 29.1. The molecule has 0 heterocycles. The molecule has 0 bridgehead atoms. The summed E-state index contributed by atoms with van der Waals surface area (Å²) in [5.41, 5.74) is 0. The third-order valence-electron chi connectivity index (χ3n) is 16.2. The number of aliphatic hydroxyl groups is 1. The van der Waals surface area contributed by atoms with E-state index >= 15 is 0 Å². The molecule has 5 unspecified atom stereocenters. The van der Waals surface area contributed by atoms with E-state index in [0.29, 0.717) is 25.7 Å². The molecule has 5 atom stereocenters. The molecule has 104 heavy (non-hydrogen) atoms. The average Bonchev–Trinajstić information content (AvgIpc) is 0.939. The molecule has 0 saturated heterocycles. The summed E-state index contributed by atoms with van der Waals surface area (Å²) < 4.78 is 68.6. The second kappa shape index (κ2) is 76.1. The molecule has 0 fully saturated rings. The van der Waals surface area contributed by atoms with Crippen LogP contribution in [0.25, 0.3) is 0 Å². The Labute approximate surface area is 630 Å². The molecule has 0 rings (SSSR count). The van der Waals surface area contributed by atoms with E-state index in [1.807, 2.05) is 0 Å². The number of hydrogen-bond acceptors (Lipinski definition) is 15. The fourth-order valence-electron chi connectivity index (χ4n) is 10.2. The predicted molar refractivity (Wildman–Crippen MR) is 427 cm³/mol. The van der Waals surface area contributed by atoms with Crippen molar-refractivity contribution >= 4 is 39.5 Å². The fraction of sp³-hybridized carbons (Fsp3) is 0.671. The number of allylic oxidation sites excluding steroid dienone is 24. The van der Waals surface area contributed by atoms with Crippen LogP contribution in [0.3, 0.4) is 0 Å². The molecule has 0 saturated carbocycles. The molecular formula is C85H142O17P2. The summed E-state index contributed by atoms with van der Waals surface area (Å²) in [7, 11) is -9.98. The van der Waals surface area contributed by atoms with E-state index in [9.17, 15) is 43.2 Å². The number of ether oxygens (including phenoxy) is 4. The number of carbonyl (C=O) groups is 4. The molecule has 0 aliphatic heterocycles. The van der Waals surface area contributed by atoms with E-state index in [-0.39, 0.29) is 25.7 Å². The molecule has 0 amide bonds. The first kappa shape index (κ1) is 98.9. The van der Waals surface area contributed by atoms with E-state index in [1.54, 1.807) is 0 Å². The van der Waals surface area contributed by atoms with Gasteiger partial charge in [0.2, 0.25) is 0 Å². The van der Waals surface area contributed by atoms with Crippen LogP contribution in [0.1, 0.15) is 310 Å². The van der Waals surface area contributed by atoms with Crippen LogP contribution in [-0.4, -0.2) is 96.7 Å². The minimum Gasteiger partial charge on any atom is -0.462 e. The smallest absolute Gasteiger partial charge is 0.462 e. The normalized spacial score (nSPS) is 14.6. The predicted octanol–water partition coefficient (Wildman–Crippen LogP) is 23.4. The number of hydrogen-bond donors (Lipinski definition) is 3. The summed E-state index contributed by atoms with van der Waals surface area (Å²) in [5, 5.41) is 10.6. The summed E-state index contributed by atoms with van der Waals surface area (Å²) in [6.07, 6.45) is 86.8. The van der Waals surface area contributed by atoms with Crippen LogP contribution >= 0.6 is 15.6 Å². The minimum atomic E-state index is -4.99. The molecule has 0 aromatic carbocycles. The number of aliphatic hydroxyl groups excluding tert-OH is 1. The van der Waals surface area contributed by atoms with Gasteiger partial charge in [-0.15, -0.1) is 0 Å². The van der Waals surface area contributed by atoms with E-state index in [1.165, 1.54) is 19.3 Å². The van der Waals surface area contributed by atoms with Gasteiger partial charge in [-0.25, -0.2) is 9.13 Å². The van der Waals surface area contributed by atoms with Crippen molar-refractivity contribution in [1.82, 2.24) is 0 Å². The van der Waals surface area contributed by atoms with Gasteiger partial charge in [-0.3, -0.25) is 37.3 Å². The standard InChI is InChI=1S/C85H142O17P2/c1-5-9-13-17-21-25-29-33-36-38-39-41-44-47-50-54-58-62-66-70-83(88)95-75-80(101-84(89)71-67-63-59-55-51-45-32-28-24-20-16-12-8-4)77-99-103(91,92)97-73-79(86)74-98-104(93,94)100-78-81(102-85(90)72-68-64-60-56-52-48-42-35-31-27-23-19-15-11-7-3)76-96-82(87)69-65-61-57-53-49-46-43-40-37-34-30-26-22-18-14-10-6-2/h9-10,13-14,16,20-23,25-28,32-37,39,41-42,47,50,79-81,86H,5-8,11-12,15,17-19,24,29-31,38,40,43-46,48-49,51-78H2,1-4H3,(H,91,92)(H,93,94)/b13-9-,14-10-,20-16-,25-21-,26-22-,27-23-,32-28-,36-33-,37-34-,41-39-,42-35-,50-47-. The van der Waals surface area contributed by atoms with Gasteiger partial charge in [-0.05, 0) is 161 Å². The van der Waals surface area contributed by atoms with Crippen LogP contribution in [0.5, 0.6) is 0 Å². The lowest BCUT2D eigenvalue weighted by Crippen LogP contribution is -2.30. The van der Waals surface area contributed by atoms with Crippen molar-refractivity contribution in [3.05, 3.63) is 146 Å². The molecule has 0 aromatic heterocycles. The van der Waals surface area contributed by atoms with Gasteiger partial charge in [-0.2, -0.15) is 0 Å². The van der Waals surface area contributed by atoms with Gasteiger partial charge < -0.3 is 33.8 Å². The maximum absolute atomic E-state index is 13.1. The first-order chi connectivity index (χ1) is 50.7. The Morgan fingerprint density at radius 3 is 0.817 bits per heavy atom. The van der Waals surface area contributed by atoms with Crippen LogP contribution in [-0.2, 0) is 65.4 Å². The van der Waals surface area contributed by atoms with Crippen molar-refractivity contribution in [1.29, 1.82) is 0 Å². The number of rotatable bonds is 74. The number of phosphoric acid groups is 2. The van der Waals surface area contributed by atoms with Crippen LogP contribution < -0.4 is 0 Å². The largest absolute Gasteiger partial charge is 0.472 e. The lowest BCUT2D eigenvalue weighted by atomic mass is 10.1. The topological polar surface area (TPSA) is 237 Å². The second-order valence-electron chi connectivity index (χ2n) is 26.2. The van der Waals surface area contributed by atoms with Crippen molar-refractivity contribution in [2.24, 2.45) is 0 Å². The number of carbonyl (C=O) groups excluding carboxylic acids is 4. The van der Waals surface area contributed by atoms with Crippen LogP contribution in [0.2, 0.25) is 0 Å². The molecule has 0 spiro atoms. The fourth-order valence-corrected chi connectivity index (χ4v) is 11.8. The zero-order chi connectivity index (χ0) is 76.0. The first-order valence-corrected chi connectivity index (χ1v) is 43.1. The molecule has 0 radical (unpaired) electrons. The zero-order valence-electron chi connectivity index (χ0n) is 64.9. The summed E-state index contributed by atoms with van der Waals surface area (Å²) in [4.78, 5) is 73.0. The van der Waals surface area contributed by atoms with Crippen molar-refractivity contribution in [3.8, 4) is 0 Å². The first-order valence-electron chi connectivity index (χ1n) is 40.1. The molecule has 0 aliphatic carbocycles. The summed E-state index contributed by atoms with van der Waals surface area (Å²) in [6, 6.07) is 0. The monoisotopic (exact) mass is 1500 g/mol. The van der Waals surface area contributed by atoms with Gasteiger partial charge >= 0.3 is 39.5 Å². The number of unbranched alkanes of at least 4 members (excludes halogenated alkanes) is 24. The SMILES string of the molecule is CC/C=C\C/C=C\C/C=C\C/C=C\C/C=C\CCCCCC(=O)OCC(COP(=O)(O)OCC(O)COP(=O)(O)OCC(COC(=O)CCCCCCCCC/C=C\C/C=C\C/C=C\CC)OC(=O)CCCCCCC/C=C\C/C=C\CCCCC)OC(=O)CCCCCCC/C=C\C/C=C\CCC. The highest BCUT2D eigenvalue weighted by Gasteiger charge is 2.30. The van der Waals surface area contributed by atoms with Crippen LogP contribution in [0.15, 0.2) is 146 Å². The molecular weight excluding hydrogens is 1350 g/mol. The van der Waals surface area contributed by atoms with E-state index < -0.39 is 97.5 Å². The summed E-state index contributed by atoms with van der Waals surface area (Å²) in [5.74, 6) is -2.25. The Bertz CT molecular complexity index is 2540. The van der Waals surface area contributed by atoms with Crippen molar-refractivity contribution < 1.29 is 80.2 Å². The maximum atomic E-state index is 13.1. The zero-order valence-corrected chi connectivity index (χ0v) is 66.7. The van der Waals surface area contributed by atoms with Crippen molar-refractivity contribution in [2.75, 3.05) is 39.6 Å². The highest BCUT2D eigenvalue weighted by atomic mass is 31.2. The van der Waals surface area contributed by atoms with E-state index in [0.717, 1.165) is 212 Å². The summed E-state index contributed by atoms with van der Waals surface area (Å²) >= 11 is 0. The van der Waals surface area contributed by atoms with E-state index in [2.05, 4.69) is 174 Å². The highest BCUT2D eigenvalue weighted by Crippen LogP contribution is 2.45. The van der Waals surface area contributed by atoms with Gasteiger partial charge in [0.25, 0.3) is 0 Å². The molecule has 3 N–H and O–H groups in total. The minimum absolute atomic E-state index is 0.0667. The Morgan fingerprint density at radius 1 is 0.279 bits per heavy atom.